The summed E-state index contributed by atoms with van der Waals surface area (Å²) < 4.78 is 5.06. The Kier molecular flexibility index (Phi) is 6.14. The molecule has 0 radical (unpaired) electrons. The molecule has 1 heterocycles. The molecular weight excluding hydrogens is 252 g/mol. The van der Waals surface area contributed by atoms with Crippen LogP contribution in [0.3, 0.4) is 0 Å². The highest BCUT2D eigenvalue weighted by molar-refractivity contribution is 5.67. The molecule has 1 saturated heterocycles. The first-order valence-corrected chi connectivity index (χ1v) is 8.40. The predicted octanol–water partition coefficient (Wildman–Crippen LogP) is 3.17. The van der Waals surface area contributed by atoms with Crippen LogP contribution in [0.15, 0.2) is 0 Å². The summed E-state index contributed by atoms with van der Waals surface area (Å²) in [5.74, 6) is 0.917. The van der Waals surface area contributed by atoms with Gasteiger partial charge in [0.25, 0.3) is 0 Å². The second-order valence-corrected chi connectivity index (χ2v) is 6.26. The minimum atomic E-state index is -0.144. The Morgan fingerprint density at radius 1 is 1.15 bits per heavy atom. The van der Waals surface area contributed by atoms with Gasteiger partial charge in [0.1, 0.15) is 0 Å². The van der Waals surface area contributed by atoms with Crippen LogP contribution in [0.5, 0.6) is 0 Å². The fourth-order valence-corrected chi connectivity index (χ4v) is 3.59. The van der Waals surface area contributed by atoms with Gasteiger partial charge in [-0.15, -0.1) is 0 Å². The minimum Gasteiger partial charge on any atom is -0.450 e. The van der Waals surface area contributed by atoms with Gasteiger partial charge in [-0.25, -0.2) is 4.79 Å². The van der Waals surface area contributed by atoms with Gasteiger partial charge >= 0.3 is 6.09 Å². The van der Waals surface area contributed by atoms with E-state index in [9.17, 15) is 4.79 Å². The average Bonchev–Trinajstić information content (AvgIpc) is 2.48. The lowest BCUT2D eigenvalue weighted by molar-refractivity contribution is 0.0930. The van der Waals surface area contributed by atoms with Gasteiger partial charge in [-0.2, -0.15) is 0 Å². The topological polar surface area (TPSA) is 41.6 Å². The summed E-state index contributed by atoms with van der Waals surface area (Å²) in [5.41, 5.74) is 0. The minimum absolute atomic E-state index is 0.144. The van der Waals surface area contributed by atoms with Gasteiger partial charge in [-0.3, -0.25) is 0 Å². The highest BCUT2D eigenvalue weighted by Crippen LogP contribution is 2.27. The zero-order valence-corrected chi connectivity index (χ0v) is 13.1. The Balaban J connectivity index is 1.70. The molecule has 0 aromatic heterocycles. The quantitative estimate of drug-likeness (QED) is 0.861. The van der Waals surface area contributed by atoms with Crippen molar-refractivity contribution < 1.29 is 9.53 Å². The zero-order valence-electron chi connectivity index (χ0n) is 13.1. The summed E-state index contributed by atoms with van der Waals surface area (Å²) in [7, 11) is 0. The summed E-state index contributed by atoms with van der Waals surface area (Å²) in [6.07, 6.45) is 8.75. The van der Waals surface area contributed by atoms with Crippen molar-refractivity contribution >= 4 is 6.09 Å². The molecule has 1 aliphatic carbocycles. The van der Waals surface area contributed by atoms with Crippen LogP contribution in [0.4, 0.5) is 4.79 Å². The molecule has 4 heteroatoms. The van der Waals surface area contributed by atoms with Crippen molar-refractivity contribution in [1.82, 2.24) is 10.2 Å². The van der Waals surface area contributed by atoms with Crippen LogP contribution in [-0.2, 0) is 4.74 Å². The second kappa shape index (κ2) is 7.87. The Morgan fingerprint density at radius 3 is 2.55 bits per heavy atom. The fraction of sp³-hybridized carbons (Fsp3) is 0.938. The fourth-order valence-electron chi connectivity index (χ4n) is 3.59. The molecule has 2 fully saturated rings. The number of ether oxygens (including phenoxy) is 1. The summed E-state index contributed by atoms with van der Waals surface area (Å²) in [6, 6.07) is 1.29. The number of likely N-dealkylation sites (tertiary alicyclic amines) is 1. The van der Waals surface area contributed by atoms with E-state index in [2.05, 4.69) is 12.2 Å². The Bertz CT molecular complexity index is 301. The molecule has 0 spiro atoms. The summed E-state index contributed by atoms with van der Waals surface area (Å²) in [5, 5.41) is 3.83. The molecule has 1 aliphatic heterocycles. The van der Waals surface area contributed by atoms with Crippen molar-refractivity contribution in [2.45, 2.75) is 70.9 Å². The number of carbonyl (C=O) groups is 1. The van der Waals surface area contributed by atoms with Gasteiger partial charge in [0, 0.05) is 25.2 Å². The van der Waals surface area contributed by atoms with Crippen LogP contribution >= 0.6 is 0 Å². The number of hydrogen-bond donors (Lipinski definition) is 1. The molecule has 2 atom stereocenters. The summed E-state index contributed by atoms with van der Waals surface area (Å²) in [6.45, 7) is 6.31. The van der Waals surface area contributed by atoms with E-state index in [1.165, 1.54) is 32.1 Å². The van der Waals surface area contributed by atoms with Crippen LogP contribution in [-0.4, -0.2) is 42.8 Å². The number of nitrogens with one attached hydrogen (secondary N) is 1. The lowest BCUT2D eigenvalue weighted by atomic mass is 9.83. The van der Waals surface area contributed by atoms with Crippen molar-refractivity contribution in [2.75, 3.05) is 19.7 Å². The Hall–Kier alpha value is -0.770. The number of nitrogens with zero attached hydrogens (tertiary/aromatic N) is 1. The monoisotopic (exact) mass is 282 g/mol. The maximum atomic E-state index is 11.7. The van der Waals surface area contributed by atoms with E-state index in [4.69, 9.17) is 4.74 Å². The van der Waals surface area contributed by atoms with Gasteiger partial charge in [0.05, 0.1) is 6.61 Å². The molecule has 2 rings (SSSR count). The van der Waals surface area contributed by atoms with Crippen molar-refractivity contribution in [3.05, 3.63) is 0 Å². The number of carbonyl (C=O) groups excluding carboxylic acids is 1. The maximum absolute atomic E-state index is 11.7. The number of piperidine rings is 1. The van der Waals surface area contributed by atoms with Crippen molar-refractivity contribution in [1.29, 1.82) is 0 Å². The summed E-state index contributed by atoms with van der Waals surface area (Å²) >= 11 is 0. The third-order valence-electron chi connectivity index (χ3n) is 4.85. The van der Waals surface area contributed by atoms with Crippen molar-refractivity contribution in [2.24, 2.45) is 5.92 Å². The molecule has 2 aliphatic rings. The highest BCUT2D eigenvalue weighted by atomic mass is 16.6. The first-order chi connectivity index (χ1) is 9.72. The van der Waals surface area contributed by atoms with E-state index in [-0.39, 0.29) is 6.09 Å². The zero-order chi connectivity index (χ0) is 14.4. The Labute approximate surface area is 123 Å². The molecule has 0 aromatic rings. The van der Waals surface area contributed by atoms with Gasteiger partial charge < -0.3 is 15.0 Å². The van der Waals surface area contributed by atoms with E-state index >= 15 is 0 Å². The normalized spacial score (nSPS) is 28.4. The first kappa shape index (κ1) is 15.6. The first-order valence-electron chi connectivity index (χ1n) is 8.40. The average molecular weight is 282 g/mol. The standard InChI is InChI=1S/C16H30N2O2/c1-3-13-6-5-7-15(12-13)17-14-8-10-18(11-9-14)16(19)20-4-2/h13-15,17H,3-12H2,1-2H3. The van der Waals surface area contributed by atoms with Crippen LogP contribution in [0, 0.1) is 5.92 Å². The molecule has 2 unspecified atom stereocenters. The molecule has 116 valence electrons. The SMILES string of the molecule is CCOC(=O)N1CCC(NC2CCCC(CC)C2)CC1. The molecule has 1 N–H and O–H groups in total. The highest BCUT2D eigenvalue weighted by Gasteiger charge is 2.27. The van der Waals surface area contributed by atoms with E-state index in [1.807, 2.05) is 11.8 Å². The lowest BCUT2D eigenvalue weighted by Gasteiger charge is -2.36. The third kappa shape index (κ3) is 4.37. The Morgan fingerprint density at radius 2 is 1.90 bits per heavy atom. The lowest BCUT2D eigenvalue weighted by Crippen LogP contribution is -2.48. The predicted molar refractivity (Wildman–Crippen MR) is 80.8 cm³/mol. The van der Waals surface area contributed by atoms with Crippen LogP contribution in [0.25, 0.3) is 0 Å². The molecular formula is C16H30N2O2. The van der Waals surface area contributed by atoms with Crippen molar-refractivity contribution in [3.63, 3.8) is 0 Å². The van der Waals surface area contributed by atoms with Crippen LogP contribution in [0.2, 0.25) is 0 Å². The summed E-state index contributed by atoms with van der Waals surface area (Å²) in [4.78, 5) is 13.5. The molecule has 20 heavy (non-hydrogen) atoms. The number of hydrogen-bond acceptors (Lipinski definition) is 3. The molecule has 1 saturated carbocycles. The smallest absolute Gasteiger partial charge is 0.409 e. The van der Waals surface area contributed by atoms with Gasteiger partial charge in [0.2, 0.25) is 0 Å². The molecule has 0 bridgehead atoms. The van der Waals surface area contributed by atoms with Gasteiger partial charge in [0.15, 0.2) is 0 Å². The van der Waals surface area contributed by atoms with E-state index in [0.29, 0.717) is 18.7 Å². The van der Waals surface area contributed by atoms with E-state index < -0.39 is 0 Å². The second-order valence-electron chi connectivity index (χ2n) is 6.26. The number of amides is 1. The number of rotatable bonds is 4. The van der Waals surface area contributed by atoms with Crippen LogP contribution in [0.1, 0.15) is 58.8 Å². The van der Waals surface area contributed by atoms with Crippen LogP contribution < -0.4 is 5.32 Å². The molecule has 0 aromatic carbocycles. The molecule has 4 nitrogen and oxygen atoms in total. The molecule has 1 amide bonds. The van der Waals surface area contributed by atoms with E-state index in [1.54, 1.807) is 0 Å². The van der Waals surface area contributed by atoms with Crippen molar-refractivity contribution in [3.8, 4) is 0 Å². The van der Waals surface area contributed by atoms with Gasteiger partial charge in [-0.05, 0) is 38.5 Å². The van der Waals surface area contributed by atoms with Gasteiger partial charge in [-0.1, -0.05) is 26.2 Å². The third-order valence-corrected chi connectivity index (χ3v) is 4.85. The van der Waals surface area contributed by atoms with E-state index in [0.717, 1.165) is 31.8 Å². The maximum Gasteiger partial charge on any atom is 0.409 e. The largest absolute Gasteiger partial charge is 0.450 e.